The summed E-state index contributed by atoms with van der Waals surface area (Å²) in [5.41, 5.74) is 9.34. The number of imide groups is 1. The lowest BCUT2D eigenvalue weighted by molar-refractivity contribution is -0.137. The van der Waals surface area contributed by atoms with Crippen molar-refractivity contribution in [2.24, 2.45) is 0 Å². The molecule has 0 bridgehead atoms. The van der Waals surface area contributed by atoms with E-state index in [-0.39, 0.29) is 49.7 Å². The van der Waals surface area contributed by atoms with Crippen molar-refractivity contribution in [3.8, 4) is 0 Å². The molecule has 6 amide bonds. The summed E-state index contributed by atoms with van der Waals surface area (Å²) in [5.74, 6) is -1.29. The van der Waals surface area contributed by atoms with Gasteiger partial charge in [-0.3, -0.25) is 24.5 Å². The fourth-order valence-corrected chi connectivity index (χ4v) is 5.78. The van der Waals surface area contributed by atoms with Crippen LogP contribution in [0, 0.1) is 0 Å². The molecule has 258 valence electrons. The standard InChI is InChI=1S/C33H43N7O8/c34-24-1-4-26(5-2-24)38-11-13-39(14-12-38)33(45)35-10-16-47-18-20-48-19-17-46-15-9-30(42)36-25-3-6-27-23(21-25)22-40(32(27)44)28-7-8-29(41)37-31(28)43/h1-6,21,28H,7-20,22,34H2,(H,35,45)(H,36,42)(H,37,41,43). The number of urea groups is 1. The third kappa shape index (κ3) is 9.42. The number of nitrogens with one attached hydrogen (secondary N) is 3. The van der Waals surface area contributed by atoms with E-state index in [1.54, 1.807) is 23.1 Å². The Kier molecular flexibility index (Phi) is 12.2. The molecule has 1 unspecified atom stereocenters. The molecule has 48 heavy (non-hydrogen) atoms. The van der Waals surface area contributed by atoms with Crippen LogP contribution in [0.25, 0.3) is 0 Å². The largest absolute Gasteiger partial charge is 0.399 e. The average Bonchev–Trinajstić information content (AvgIpc) is 3.40. The minimum atomic E-state index is -0.686. The number of rotatable bonds is 15. The summed E-state index contributed by atoms with van der Waals surface area (Å²) in [6.45, 7) is 5.50. The van der Waals surface area contributed by atoms with Gasteiger partial charge in [0.1, 0.15) is 6.04 Å². The van der Waals surface area contributed by atoms with Gasteiger partial charge in [0.15, 0.2) is 0 Å². The highest BCUT2D eigenvalue weighted by Gasteiger charge is 2.39. The predicted octanol–water partition coefficient (Wildman–Crippen LogP) is 0.940. The number of ether oxygens (including phenoxy) is 3. The minimum absolute atomic E-state index is 0.0974. The maximum absolute atomic E-state index is 12.8. The van der Waals surface area contributed by atoms with Crippen molar-refractivity contribution in [2.75, 3.05) is 88.3 Å². The zero-order chi connectivity index (χ0) is 33.9. The van der Waals surface area contributed by atoms with Crippen LogP contribution in [-0.2, 0) is 35.1 Å². The minimum Gasteiger partial charge on any atom is -0.399 e. The third-order valence-electron chi connectivity index (χ3n) is 8.37. The molecule has 2 fully saturated rings. The van der Waals surface area contributed by atoms with Gasteiger partial charge in [-0.25, -0.2) is 4.79 Å². The van der Waals surface area contributed by atoms with Gasteiger partial charge in [0.25, 0.3) is 5.91 Å². The Labute approximate surface area is 279 Å². The Morgan fingerprint density at radius 3 is 2.27 bits per heavy atom. The first-order valence-corrected chi connectivity index (χ1v) is 16.2. The Morgan fingerprint density at radius 1 is 0.875 bits per heavy atom. The number of piperazine rings is 1. The molecule has 0 radical (unpaired) electrons. The van der Waals surface area contributed by atoms with Crippen LogP contribution < -0.4 is 26.6 Å². The number of hydrogen-bond acceptors (Lipinski definition) is 10. The second-order valence-corrected chi connectivity index (χ2v) is 11.7. The van der Waals surface area contributed by atoms with Crippen molar-refractivity contribution in [3.63, 3.8) is 0 Å². The molecule has 3 aliphatic rings. The maximum atomic E-state index is 12.8. The molecule has 0 aromatic heterocycles. The summed E-state index contributed by atoms with van der Waals surface area (Å²) < 4.78 is 16.5. The van der Waals surface area contributed by atoms with Crippen molar-refractivity contribution in [1.29, 1.82) is 0 Å². The van der Waals surface area contributed by atoms with Gasteiger partial charge >= 0.3 is 6.03 Å². The number of nitrogen functional groups attached to an aromatic ring is 1. The van der Waals surface area contributed by atoms with E-state index in [4.69, 9.17) is 19.9 Å². The van der Waals surface area contributed by atoms with Gasteiger partial charge < -0.3 is 45.3 Å². The van der Waals surface area contributed by atoms with Gasteiger partial charge in [-0.2, -0.15) is 0 Å². The summed E-state index contributed by atoms with van der Waals surface area (Å²) in [7, 11) is 0. The topological polar surface area (TPSA) is 185 Å². The molecule has 15 heteroatoms. The van der Waals surface area contributed by atoms with Gasteiger partial charge in [0.05, 0.1) is 46.1 Å². The quantitative estimate of drug-likeness (QED) is 0.121. The van der Waals surface area contributed by atoms with Gasteiger partial charge in [0.2, 0.25) is 17.7 Å². The van der Waals surface area contributed by atoms with Gasteiger partial charge in [0, 0.05) is 68.3 Å². The number of carbonyl (C=O) groups excluding carboxylic acids is 5. The lowest BCUT2D eigenvalue weighted by atomic mass is 10.0. The summed E-state index contributed by atoms with van der Waals surface area (Å²) in [5, 5.41) is 7.99. The van der Waals surface area contributed by atoms with Crippen molar-refractivity contribution < 1.29 is 38.2 Å². The SMILES string of the molecule is Nc1ccc(N2CCN(C(=O)NCCOCCOCCOCCC(=O)Nc3ccc4c(c3)CN(C3CCC(=O)NC3=O)C4=O)CC2)cc1. The lowest BCUT2D eigenvalue weighted by Crippen LogP contribution is -2.52. The number of piperidine rings is 1. The third-order valence-corrected chi connectivity index (χ3v) is 8.37. The van der Waals surface area contributed by atoms with Crippen LogP contribution in [0.1, 0.15) is 35.2 Å². The molecular weight excluding hydrogens is 622 g/mol. The summed E-state index contributed by atoms with van der Waals surface area (Å²) in [4.78, 5) is 66.8. The molecule has 5 N–H and O–H groups in total. The van der Waals surface area contributed by atoms with Crippen LogP contribution >= 0.6 is 0 Å². The molecule has 0 saturated carbocycles. The van der Waals surface area contributed by atoms with Crippen molar-refractivity contribution in [2.45, 2.75) is 31.8 Å². The molecule has 0 aliphatic carbocycles. The number of hydrogen-bond donors (Lipinski definition) is 4. The summed E-state index contributed by atoms with van der Waals surface area (Å²) in [6.07, 6.45) is 0.627. The number of fused-ring (bicyclic) bond motifs is 1. The molecule has 2 aromatic rings. The van der Waals surface area contributed by atoms with E-state index in [1.807, 2.05) is 24.3 Å². The average molecular weight is 666 g/mol. The zero-order valence-electron chi connectivity index (χ0n) is 26.9. The van der Waals surface area contributed by atoms with Crippen molar-refractivity contribution in [3.05, 3.63) is 53.6 Å². The fourth-order valence-electron chi connectivity index (χ4n) is 5.78. The second-order valence-electron chi connectivity index (χ2n) is 11.7. The van der Waals surface area contributed by atoms with Gasteiger partial charge in [-0.15, -0.1) is 0 Å². The maximum Gasteiger partial charge on any atom is 0.317 e. The van der Waals surface area contributed by atoms with Crippen molar-refractivity contribution in [1.82, 2.24) is 20.4 Å². The molecule has 0 spiro atoms. The Hall–Kier alpha value is -4.73. The molecular formula is C33H43N7O8. The number of anilines is 3. The van der Waals surface area contributed by atoms with E-state index in [9.17, 15) is 24.0 Å². The van der Waals surface area contributed by atoms with E-state index in [0.717, 1.165) is 24.5 Å². The Balaban J connectivity index is 0.851. The number of amides is 6. The monoisotopic (exact) mass is 665 g/mol. The highest BCUT2D eigenvalue weighted by Crippen LogP contribution is 2.29. The molecule has 3 heterocycles. The van der Waals surface area contributed by atoms with E-state index >= 15 is 0 Å². The molecule has 1 atom stereocenters. The number of benzene rings is 2. The van der Waals surface area contributed by atoms with Crippen LogP contribution in [0.5, 0.6) is 0 Å². The highest BCUT2D eigenvalue weighted by atomic mass is 16.5. The first-order valence-electron chi connectivity index (χ1n) is 16.2. The number of nitrogens with two attached hydrogens (primary N) is 1. The molecule has 2 saturated heterocycles. The van der Waals surface area contributed by atoms with Crippen LogP contribution in [0.2, 0.25) is 0 Å². The second kappa shape index (κ2) is 16.9. The van der Waals surface area contributed by atoms with Gasteiger partial charge in [-0.05, 0) is 54.4 Å². The number of nitrogens with zero attached hydrogens (tertiary/aromatic N) is 3. The van der Waals surface area contributed by atoms with E-state index in [0.29, 0.717) is 75.9 Å². The lowest BCUT2D eigenvalue weighted by Gasteiger charge is -2.36. The predicted molar refractivity (Wildman–Crippen MR) is 176 cm³/mol. The van der Waals surface area contributed by atoms with Crippen LogP contribution in [0.4, 0.5) is 21.9 Å². The van der Waals surface area contributed by atoms with E-state index in [2.05, 4.69) is 20.9 Å². The van der Waals surface area contributed by atoms with Gasteiger partial charge in [-0.1, -0.05) is 0 Å². The highest BCUT2D eigenvalue weighted by molar-refractivity contribution is 6.05. The van der Waals surface area contributed by atoms with E-state index in [1.165, 1.54) is 4.90 Å². The smallest absolute Gasteiger partial charge is 0.317 e. The summed E-state index contributed by atoms with van der Waals surface area (Å²) >= 11 is 0. The van der Waals surface area contributed by atoms with Crippen LogP contribution in [-0.4, -0.2) is 118 Å². The van der Waals surface area contributed by atoms with Crippen molar-refractivity contribution >= 4 is 46.7 Å². The number of carbonyl (C=O) groups is 5. The van der Waals surface area contributed by atoms with E-state index < -0.39 is 11.9 Å². The Bertz CT molecular complexity index is 1460. The zero-order valence-corrected chi connectivity index (χ0v) is 26.9. The first-order chi connectivity index (χ1) is 23.3. The molecule has 2 aromatic carbocycles. The summed E-state index contributed by atoms with van der Waals surface area (Å²) in [6, 6.07) is 12.0. The van der Waals surface area contributed by atoms with Crippen LogP contribution in [0.3, 0.4) is 0 Å². The van der Waals surface area contributed by atoms with Crippen LogP contribution in [0.15, 0.2) is 42.5 Å². The normalized spacial score (nSPS) is 17.7. The molecule has 15 nitrogen and oxygen atoms in total. The Morgan fingerprint density at radius 2 is 1.56 bits per heavy atom. The molecule has 5 rings (SSSR count). The molecule has 3 aliphatic heterocycles. The fraction of sp³-hybridized carbons (Fsp3) is 0.485. The first kappa shape index (κ1) is 34.6.